The molecule has 154 valence electrons. The molecule has 30 heavy (non-hydrogen) atoms. The van der Waals surface area contributed by atoms with Crippen LogP contribution >= 0.6 is 11.3 Å². The summed E-state index contributed by atoms with van der Waals surface area (Å²) in [5.74, 6) is 0.126. The van der Waals surface area contributed by atoms with Gasteiger partial charge in [0.1, 0.15) is 11.1 Å². The summed E-state index contributed by atoms with van der Waals surface area (Å²) in [5, 5.41) is 10.7. The second-order valence-corrected chi connectivity index (χ2v) is 8.55. The molecule has 0 amide bonds. The largest absolute Gasteiger partial charge is 0.485 e. The molecule has 5 rings (SSSR count). The van der Waals surface area contributed by atoms with Crippen LogP contribution in [0.25, 0.3) is 31.8 Å². The third-order valence-electron chi connectivity index (χ3n) is 5.35. The second kappa shape index (κ2) is 7.45. The van der Waals surface area contributed by atoms with Crippen LogP contribution in [0.15, 0.2) is 30.5 Å². The van der Waals surface area contributed by atoms with Gasteiger partial charge in [-0.25, -0.2) is 19.3 Å². The Bertz CT molecular complexity index is 1260. The van der Waals surface area contributed by atoms with Crippen molar-refractivity contribution >= 4 is 32.6 Å². The van der Waals surface area contributed by atoms with E-state index < -0.39 is 11.9 Å². The predicted molar refractivity (Wildman–Crippen MR) is 114 cm³/mol. The highest BCUT2D eigenvalue weighted by Gasteiger charge is 2.28. The first-order valence-electron chi connectivity index (χ1n) is 9.78. The molecule has 0 bridgehead atoms. The van der Waals surface area contributed by atoms with Crippen LogP contribution in [0.4, 0.5) is 4.39 Å². The summed E-state index contributed by atoms with van der Waals surface area (Å²) in [6.07, 6.45) is 2.96. The van der Waals surface area contributed by atoms with Crippen LogP contribution in [0.2, 0.25) is 0 Å². The number of nitrogens with zero attached hydrogens (tertiary/aromatic N) is 3. The van der Waals surface area contributed by atoms with Crippen molar-refractivity contribution in [2.45, 2.75) is 38.4 Å². The van der Waals surface area contributed by atoms with Gasteiger partial charge in [0.2, 0.25) is 5.88 Å². The summed E-state index contributed by atoms with van der Waals surface area (Å²) >= 11 is 1.45. The van der Waals surface area contributed by atoms with Gasteiger partial charge in [-0.1, -0.05) is 0 Å². The zero-order valence-electron chi connectivity index (χ0n) is 16.6. The topological polar surface area (TPSA) is 77.4 Å². The maximum atomic E-state index is 14.6. The number of halogens is 1. The fourth-order valence-corrected chi connectivity index (χ4v) is 4.84. The summed E-state index contributed by atoms with van der Waals surface area (Å²) in [6.45, 7) is 1.98. The van der Waals surface area contributed by atoms with E-state index in [1.54, 1.807) is 19.4 Å². The van der Waals surface area contributed by atoms with Crippen molar-refractivity contribution in [1.82, 2.24) is 15.0 Å². The molecule has 0 saturated heterocycles. The lowest BCUT2D eigenvalue weighted by Crippen LogP contribution is -2.25. The molecule has 0 spiro atoms. The maximum absolute atomic E-state index is 14.6. The summed E-state index contributed by atoms with van der Waals surface area (Å²) in [7, 11) is 1.55. The monoisotopic (exact) mass is 425 g/mol. The predicted octanol–water partition coefficient (Wildman–Crippen LogP) is 4.65. The number of hydrogen-bond donors (Lipinski definition) is 1. The summed E-state index contributed by atoms with van der Waals surface area (Å²) in [6, 6.07) is 7.01. The molecule has 1 aliphatic carbocycles. The van der Waals surface area contributed by atoms with Gasteiger partial charge in [-0.2, -0.15) is 0 Å². The molecule has 2 aromatic carbocycles. The van der Waals surface area contributed by atoms with Crippen LogP contribution in [0.5, 0.6) is 11.6 Å². The molecule has 6 nitrogen and oxygen atoms in total. The van der Waals surface area contributed by atoms with E-state index in [9.17, 15) is 9.50 Å². The molecule has 1 aliphatic rings. The Morgan fingerprint density at radius 2 is 2.00 bits per heavy atom. The first kappa shape index (κ1) is 19.1. The number of ether oxygens (including phenoxy) is 2. The molecule has 0 aliphatic heterocycles. The number of hydrogen-bond acceptors (Lipinski definition) is 7. The van der Waals surface area contributed by atoms with Gasteiger partial charge in [0.05, 0.1) is 40.7 Å². The molecule has 1 fully saturated rings. The van der Waals surface area contributed by atoms with E-state index in [2.05, 4.69) is 15.0 Å². The number of aryl methyl sites for hydroxylation is 1. The van der Waals surface area contributed by atoms with Crippen molar-refractivity contribution in [3.63, 3.8) is 0 Å². The number of thiazole rings is 1. The Morgan fingerprint density at radius 1 is 1.13 bits per heavy atom. The Hall–Kier alpha value is -2.84. The number of fused-ring (bicyclic) bond motifs is 2. The van der Waals surface area contributed by atoms with E-state index in [-0.39, 0.29) is 11.9 Å². The molecule has 0 radical (unpaired) electrons. The van der Waals surface area contributed by atoms with Crippen molar-refractivity contribution in [3.05, 3.63) is 41.8 Å². The van der Waals surface area contributed by atoms with E-state index in [1.165, 1.54) is 17.4 Å². The van der Waals surface area contributed by atoms with E-state index in [0.29, 0.717) is 28.9 Å². The molecule has 0 unspecified atom stereocenters. The quantitative estimate of drug-likeness (QED) is 0.513. The lowest BCUT2D eigenvalue weighted by atomic mass is 10.1. The number of benzene rings is 2. The lowest BCUT2D eigenvalue weighted by molar-refractivity contribution is 0.0580. The number of rotatable bonds is 4. The summed E-state index contributed by atoms with van der Waals surface area (Å²) < 4.78 is 26.4. The molecule has 1 N–H and O–H groups in total. The number of methoxy groups -OCH3 is 1. The average Bonchev–Trinajstić information content (AvgIpc) is 3.32. The van der Waals surface area contributed by atoms with Crippen LogP contribution in [-0.2, 0) is 0 Å². The minimum atomic E-state index is -0.550. The first-order chi connectivity index (χ1) is 14.5. The van der Waals surface area contributed by atoms with Gasteiger partial charge < -0.3 is 14.6 Å². The van der Waals surface area contributed by atoms with Crippen molar-refractivity contribution < 1.29 is 19.0 Å². The van der Waals surface area contributed by atoms with Gasteiger partial charge in [0.15, 0.2) is 11.6 Å². The number of aliphatic hydroxyl groups is 1. The smallest absolute Gasteiger partial charge is 0.232 e. The molecular formula is C22H20FN3O3S. The van der Waals surface area contributed by atoms with Crippen molar-refractivity contribution in [1.29, 1.82) is 0 Å². The standard InChI is InChI=1S/C22H20FN3O3S/c1-11-6-12(21-15(7-11)25-20(28-2)10-24-21)22-26-14-8-13(23)18(9-19(14)30-22)29-17-5-3-4-16(17)27/h6-10,16-17,27H,3-5H2,1-2H3/t16-,17+/m0/s1. The van der Waals surface area contributed by atoms with E-state index >= 15 is 0 Å². The minimum absolute atomic E-state index is 0.155. The maximum Gasteiger partial charge on any atom is 0.232 e. The van der Waals surface area contributed by atoms with E-state index in [4.69, 9.17) is 9.47 Å². The Balaban J connectivity index is 1.58. The fourth-order valence-electron chi connectivity index (χ4n) is 3.85. The highest BCUT2D eigenvalue weighted by atomic mass is 32.1. The summed E-state index contributed by atoms with van der Waals surface area (Å²) in [4.78, 5) is 13.6. The van der Waals surface area contributed by atoms with Gasteiger partial charge >= 0.3 is 0 Å². The molecular weight excluding hydrogens is 405 g/mol. The first-order valence-corrected chi connectivity index (χ1v) is 10.6. The van der Waals surface area contributed by atoms with E-state index in [0.717, 1.165) is 33.7 Å². The average molecular weight is 425 g/mol. The van der Waals surface area contributed by atoms with Gasteiger partial charge in [0, 0.05) is 17.7 Å². The highest BCUT2D eigenvalue weighted by Crippen LogP contribution is 2.37. The van der Waals surface area contributed by atoms with Crippen molar-refractivity contribution in [3.8, 4) is 22.2 Å². The molecule has 4 aromatic rings. The lowest BCUT2D eigenvalue weighted by Gasteiger charge is -2.17. The van der Waals surface area contributed by atoms with E-state index in [1.807, 2.05) is 19.1 Å². The van der Waals surface area contributed by atoms with Crippen LogP contribution in [0, 0.1) is 12.7 Å². The zero-order chi connectivity index (χ0) is 20.8. The SMILES string of the molecule is COc1cnc2c(-c3nc4cc(F)c(O[C@@H]5CCC[C@@H]5O)cc4s3)cc(C)cc2n1. The Morgan fingerprint density at radius 3 is 2.77 bits per heavy atom. The van der Waals surface area contributed by atoms with Gasteiger partial charge in [-0.05, 0) is 43.9 Å². The van der Waals surface area contributed by atoms with Crippen molar-refractivity contribution in [2.75, 3.05) is 7.11 Å². The molecule has 2 aromatic heterocycles. The summed E-state index contributed by atoms with van der Waals surface area (Å²) in [5.41, 5.74) is 3.85. The second-order valence-electron chi connectivity index (χ2n) is 7.52. The normalized spacial score (nSPS) is 18.9. The minimum Gasteiger partial charge on any atom is -0.485 e. The van der Waals surface area contributed by atoms with Gasteiger partial charge in [0.25, 0.3) is 0 Å². The van der Waals surface area contributed by atoms with Crippen LogP contribution in [0.3, 0.4) is 0 Å². The Kier molecular flexibility index (Phi) is 4.75. The molecule has 2 atom stereocenters. The van der Waals surface area contributed by atoms with Gasteiger partial charge in [-0.3, -0.25) is 0 Å². The molecule has 2 heterocycles. The highest BCUT2D eigenvalue weighted by molar-refractivity contribution is 7.21. The number of aromatic nitrogens is 3. The third-order valence-corrected chi connectivity index (χ3v) is 6.40. The van der Waals surface area contributed by atoms with Gasteiger partial charge in [-0.15, -0.1) is 11.3 Å². The van der Waals surface area contributed by atoms with Crippen molar-refractivity contribution in [2.24, 2.45) is 0 Å². The molecule has 1 saturated carbocycles. The fraction of sp³-hybridized carbons (Fsp3) is 0.318. The van der Waals surface area contributed by atoms with Crippen LogP contribution < -0.4 is 9.47 Å². The van der Waals surface area contributed by atoms with Crippen LogP contribution in [0.1, 0.15) is 24.8 Å². The number of aliphatic hydroxyl groups excluding tert-OH is 1. The third kappa shape index (κ3) is 3.36. The zero-order valence-corrected chi connectivity index (χ0v) is 17.4. The van der Waals surface area contributed by atoms with Crippen LogP contribution in [-0.4, -0.2) is 39.4 Å². The Labute approximate surface area is 176 Å². The molecule has 8 heteroatoms.